The number of amides is 1. The van der Waals surface area contributed by atoms with Gasteiger partial charge in [0.1, 0.15) is 5.60 Å². The molecule has 184 valence electrons. The second kappa shape index (κ2) is 10.2. The third-order valence-electron chi connectivity index (χ3n) is 7.90. The van der Waals surface area contributed by atoms with Crippen molar-refractivity contribution in [2.24, 2.45) is 17.8 Å². The first-order valence-electron chi connectivity index (χ1n) is 12.7. The van der Waals surface area contributed by atoms with Gasteiger partial charge in [-0.25, -0.2) is 0 Å². The molecule has 1 heterocycles. The molecule has 5 rings (SSSR count). The van der Waals surface area contributed by atoms with Gasteiger partial charge in [-0.15, -0.1) is 0 Å². The number of hydrogen-bond donors (Lipinski definition) is 1. The number of nitrogens with zero attached hydrogens (tertiary/aromatic N) is 1. The van der Waals surface area contributed by atoms with Crippen LogP contribution in [0.3, 0.4) is 0 Å². The Kier molecular flexibility index (Phi) is 6.84. The first-order chi connectivity index (χ1) is 17.5. The zero-order valence-corrected chi connectivity index (χ0v) is 20.3. The summed E-state index contributed by atoms with van der Waals surface area (Å²) >= 11 is 0. The van der Waals surface area contributed by atoms with Crippen LogP contribution in [0.1, 0.15) is 52.0 Å². The normalized spacial score (nSPS) is 26.1. The number of benzene rings is 3. The summed E-state index contributed by atoms with van der Waals surface area (Å²) in [6.07, 6.45) is 1.93. The Labute approximate surface area is 211 Å². The molecule has 5 heteroatoms. The summed E-state index contributed by atoms with van der Waals surface area (Å²) < 4.78 is 0. The fourth-order valence-corrected chi connectivity index (χ4v) is 6.05. The molecule has 1 N–H and O–H groups in total. The average Bonchev–Trinajstić information content (AvgIpc) is 3.34. The maximum Gasteiger partial charge on any atom is 0.222 e. The first-order valence-corrected chi connectivity index (χ1v) is 12.7. The van der Waals surface area contributed by atoms with Crippen molar-refractivity contribution < 1.29 is 19.5 Å². The highest BCUT2D eigenvalue weighted by Crippen LogP contribution is 2.50. The van der Waals surface area contributed by atoms with Crippen molar-refractivity contribution in [1.29, 1.82) is 0 Å². The van der Waals surface area contributed by atoms with E-state index < -0.39 is 23.4 Å². The van der Waals surface area contributed by atoms with Gasteiger partial charge in [0.15, 0.2) is 11.6 Å². The summed E-state index contributed by atoms with van der Waals surface area (Å²) in [5, 5.41) is 12.5. The molecule has 0 radical (unpaired) electrons. The van der Waals surface area contributed by atoms with Gasteiger partial charge in [0, 0.05) is 42.5 Å². The number of carbonyl (C=O) groups is 3. The molecule has 36 heavy (non-hydrogen) atoms. The van der Waals surface area contributed by atoms with Gasteiger partial charge in [-0.1, -0.05) is 91.0 Å². The van der Waals surface area contributed by atoms with Crippen molar-refractivity contribution in [1.82, 2.24) is 4.90 Å². The monoisotopic (exact) mass is 481 g/mol. The molecule has 0 spiro atoms. The Hall–Kier alpha value is -3.57. The Bertz CT molecular complexity index is 1230. The second-order valence-corrected chi connectivity index (χ2v) is 10.0. The largest absolute Gasteiger partial charge is 0.384 e. The Morgan fingerprint density at radius 3 is 1.92 bits per heavy atom. The third-order valence-corrected chi connectivity index (χ3v) is 7.90. The van der Waals surface area contributed by atoms with E-state index in [1.807, 2.05) is 66.7 Å². The minimum absolute atomic E-state index is 0.0191. The van der Waals surface area contributed by atoms with E-state index in [0.29, 0.717) is 42.6 Å². The van der Waals surface area contributed by atoms with Crippen LogP contribution in [0.5, 0.6) is 0 Å². The van der Waals surface area contributed by atoms with E-state index in [1.54, 1.807) is 29.2 Å². The minimum atomic E-state index is -1.51. The minimum Gasteiger partial charge on any atom is -0.384 e. The Morgan fingerprint density at radius 1 is 0.806 bits per heavy atom. The molecule has 0 aromatic heterocycles. The van der Waals surface area contributed by atoms with Crippen molar-refractivity contribution in [2.75, 3.05) is 13.1 Å². The topological polar surface area (TPSA) is 74.7 Å². The smallest absolute Gasteiger partial charge is 0.222 e. The molecule has 1 saturated carbocycles. The van der Waals surface area contributed by atoms with Crippen LogP contribution in [0, 0.1) is 17.8 Å². The molecule has 0 unspecified atom stereocenters. The Balaban J connectivity index is 1.60. The highest BCUT2D eigenvalue weighted by atomic mass is 16.3. The summed E-state index contributed by atoms with van der Waals surface area (Å²) in [6.45, 7) is 0.955. The van der Waals surface area contributed by atoms with E-state index >= 15 is 0 Å². The molecule has 4 atom stereocenters. The quantitative estimate of drug-likeness (QED) is 0.487. The van der Waals surface area contributed by atoms with E-state index in [9.17, 15) is 19.5 Å². The van der Waals surface area contributed by atoms with Crippen molar-refractivity contribution >= 4 is 17.5 Å². The van der Waals surface area contributed by atoms with E-state index in [0.717, 1.165) is 6.42 Å². The van der Waals surface area contributed by atoms with E-state index in [-0.39, 0.29) is 23.9 Å². The van der Waals surface area contributed by atoms with Gasteiger partial charge in [0.2, 0.25) is 5.91 Å². The van der Waals surface area contributed by atoms with Crippen molar-refractivity contribution in [3.63, 3.8) is 0 Å². The second-order valence-electron chi connectivity index (χ2n) is 10.0. The molecule has 3 aromatic rings. The predicted molar refractivity (Wildman–Crippen MR) is 137 cm³/mol. The molecule has 1 saturated heterocycles. The summed E-state index contributed by atoms with van der Waals surface area (Å²) in [7, 11) is 0. The van der Waals surface area contributed by atoms with E-state index in [2.05, 4.69) is 0 Å². The van der Waals surface area contributed by atoms with Crippen LogP contribution in [0.15, 0.2) is 91.0 Å². The van der Waals surface area contributed by atoms with Crippen LogP contribution >= 0.6 is 0 Å². The summed E-state index contributed by atoms with van der Waals surface area (Å²) in [5.74, 6) is -1.85. The van der Waals surface area contributed by atoms with Gasteiger partial charge in [0.25, 0.3) is 0 Å². The summed E-state index contributed by atoms with van der Waals surface area (Å²) in [6, 6.07) is 27.4. The lowest BCUT2D eigenvalue weighted by molar-refractivity contribution is -0.134. The molecule has 1 aliphatic heterocycles. The maximum atomic E-state index is 14.0. The van der Waals surface area contributed by atoms with Crippen molar-refractivity contribution in [3.05, 3.63) is 108 Å². The summed E-state index contributed by atoms with van der Waals surface area (Å²) in [4.78, 5) is 42.0. The lowest BCUT2D eigenvalue weighted by atomic mass is 9.59. The van der Waals surface area contributed by atoms with Crippen LogP contribution in [-0.4, -0.2) is 40.6 Å². The maximum absolute atomic E-state index is 14.0. The van der Waals surface area contributed by atoms with Gasteiger partial charge < -0.3 is 10.0 Å². The molecule has 1 aliphatic carbocycles. The van der Waals surface area contributed by atoms with E-state index in [4.69, 9.17) is 0 Å². The summed E-state index contributed by atoms with van der Waals surface area (Å²) in [5.41, 5.74) is 0.265. The standard InChI is InChI=1S/C31H31NO4/c33-28-17-10-18-32(28)21-26-19-24(29(34)22-11-4-1-5-12-22)20-27(30(35)23-13-6-2-7-14-23)31(26,36)25-15-8-3-9-16-25/h1-9,11-16,24,26-27,36H,10,17-21H2/t24-,26+,27-,31-/m1/s1. The number of aliphatic hydroxyl groups is 1. The van der Waals surface area contributed by atoms with Gasteiger partial charge in [-0.3, -0.25) is 14.4 Å². The molecule has 2 fully saturated rings. The third kappa shape index (κ3) is 4.51. The van der Waals surface area contributed by atoms with Crippen molar-refractivity contribution in [3.8, 4) is 0 Å². The van der Waals surface area contributed by atoms with Crippen LogP contribution in [0.4, 0.5) is 0 Å². The van der Waals surface area contributed by atoms with Crippen molar-refractivity contribution in [2.45, 2.75) is 31.3 Å². The zero-order valence-electron chi connectivity index (χ0n) is 20.3. The SMILES string of the molecule is O=C(c1ccccc1)[C@@H]1C[C@@H](CN2CCCC2=O)[C@](O)(c2ccccc2)[C@@H](C(=O)c2ccccc2)C1. The van der Waals surface area contributed by atoms with Crippen LogP contribution < -0.4 is 0 Å². The molecule has 2 aliphatic rings. The van der Waals surface area contributed by atoms with Crippen LogP contribution in [-0.2, 0) is 10.4 Å². The fraction of sp³-hybridized carbons (Fsp3) is 0.323. The van der Waals surface area contributed by atoms with Gasteiger partial charge in [-0.05, 0) is 24.8 Å². The molecular formula is C31H31NO4. The number of hydrogen-bond acceptors (Lipinski definition) is 4. The van der Waals surface area contributed by atoms with E-state index in [1.165, 1.54) is 0 Å². The van der Waals surface area contributed by atoms with Crippen LogP contribution in [0.25, 0.3) is 0 Å². The lowest BCUT2D eigenvalue weighted by Crippen LogP contribution is -2.55. The zero-order chi connectivity index (χ0) is 25.1. The number of Topliss-reactive ketones (excluding diaryl/α,β-unsaturated/α-hetero) is 2. The number of carbonyl (C=O) groups excluding carboxylic acids is 3. The lowest BCUT2D eigenvalue weighted by Gasteiger charge is -2.49. The average molecular weight is 482 g/mol. The van der Waals surface area contributed by atoms with Crippen LogP contribution in [0.2, 0.25) is 0 Å². The van der Waals surface area contributed by atoms with Gasteiger partial charge >= 0.3 is 0 Å². The van der Waals surface area contributed by atoms with Gasteiger partial charge in [-0.2, -0.15) is 0 Å². The highest BCUT2D eigenvalue weighted by molar-refractivity contribution is 6.01. The predicted octanol–water partition coefficient (Wildman–Crippen LogP) is 4.90. The molecule has 0 bridgehead atoms. The van der Waals surface area contributed by atoms with Gasteiger partial charge in [0.05, 0.1) is 5.92 Å². The highest BCUT2D eigenvalue weighted by Gasteiger charge is 2.55. The number of ketones is 2. The molecule has 3 aromatic carbocycles. The molecule has 5 nitrogen and oxygen atoms in total. The Morgan fingerprint density at radius 2 is 1.36 bits per heavy atom. The fourth-order valence-electron chi connectivity index (χ4n) is 6.05. The molecule has 1 amide bonds. The number of likely N-dealkylation sites (tertiary alicyclic amines) is 1. The first kappa shape index (κ1) is 24.1. The number of rotatable bonds is 7. The molecular weight excluding hydrogens is 450 g/mol.